The lowest BCUT2D eigenvalue weighted by atomic mass is 10.1. The first-order chi connectivity index (χ1) is 9.56. The average Bonchev–Trinajstić information content (AvgIpc) is 2.38. The molecule has 0 bridgehead atoms. The molecule has 2 aromatic rings. The number of nitrogens with one attached hydrogen (secondary N) is 3. The first-order valence-corrected chi connectivity index (χ1v) is 6.23. The number of benzene rings is 1. The van der Waals surface area contributed by atoms with Crippen LogP contribution < -0.4 is 16.6 Å². The maximum atomic E-state index is 11.8. The topological polar surface area (TPSA) is 94.8 Å². The molecule has 0 saturated carbocycles. The van der Waals surface area contributed by atoms with Crippen molar-refractivity contribution < 1.29 is 4.79 Å². The highest BCUT2D eigenvalue weighted by Gasteiger charge is 2.09. The lowest BCUT2D eigenvalue weighted by Gasteiger charge is -2.06. The SMILES string of the molecule is Cc1[nH]c(=O)[nH]c(=O)c1CCC(=O)Nc1ccccc1. The van der Waals surface area contributed by atoms with Crippen LogP contribution in [-0.2, 0) is 11.2 Å². The highest BCUT2D eigenvalue weighted by molar-refractivity contribution is 5.90. The summed E-state index contributed by atoms with van der Waals surface area (Å²) in [6.07, 6.45) is 0.446. The van der Waals surface area contributed by atoms with E-state index in [9.17, 15) is 14.4 Å². The number of hydrogen-bond donors (Lipinski definition) is 3. The van der Waals surface area contributed by atoms with E-state index in [4.69, 9.17) is 0 Å². The van der Waals surface area contributed by atoms with E-state index in [0.29, 0.717) is 16.9 Å². The molecule has 0 fully saturated rings. The Morgan fingerprint density at radius 2 is 1.85 bits per heavy atom. The summed E-state index contributed by atoms with van der Waals surface area (Å²) in [6.45, 7) is 1.64. The van der Waals surface area contributed by atoms with Gasteiger partial charge in [-0.1, -0.05) is 18.2 Å². The molecule has 0 saturated heterocycles. The maximum absolute atomic E-state index is 11.8. The van der Waals surface area contributed by atoms with Crippen LogP contribution in [0.15, 0.2) is 39.9 Å². The third-order valence-corrected chi connectivity index (χ3v) is 2.91. The molecule has 20 heavy (non-hydrogen) atoms. The lowest BCUT2D eigenvalue weighted by Crippen LogP contribution is -2.27. The Hall–Kier alpha value is -2.63. The van der Waals surface area contributed by atoms with Crippen LogP contribution in [0.3, 0.4) is 0 Å². The van der Waals surface area contributed by atoms with E-state index in [2.05, 4.69) is 15.3 Å². The summed E-state index contributed by atoms with van der Waals surface area (Å²) in [5.41, 5.74) is 0.646. The number of aromatic nitrogens is 2. The van der Waals surface area contributed by atoms with Gasteiger partial charge in [0.1, 0.15) is 0 Å². The van der Waals surface area contributed by atoms with Crippen molar-refractivity contribution in [3.05, 3.63) is 62.4 Å². The molecule has 0 aliphatic carbocycles. The van der Waals surface area contributed by atoms with Crippen molar-refractivity contribution in [2.45, 2.75) is 19.8 Å². The molecule has 104 valence electrons. The number of amides is 1. The van der Waals surface area contributed by atoms with Crippen LogP contribution >= 0.6 is 0 Å². The van der Waals surface area contributed by atoms with Gasteiger partial charge in [0.05, 0.1) is 0 Å². The normalized spacial score (nSPS) is 10.2. The zero-order chi connectivity index (χ0) is 14.5. The van der Waals surface area contributed by atoms with Crippen LogP contribution in [0.25, 0.3) is 0 Å². The molecule has 3 N–H and O–H groups in total. The predicted octanol–water partition coefficient (Wildman–Crippen LogP) is 0.943. The van der Waals surface area contributed by atoms with Crippen molar-refractivity contribution in [1.29, 1.82) is 0 Å². The van der Waals surface area contributed by atoms with Crippen LogP contribution in [-0.4, -0.2) is 15.9 Å². The van der Waals surface area contributed by atoms with Gasteiger partial charge >= 0.3 is 5.69 Å². The van der Waals surface area contributed by atoms with E-state index in [0.717, 1.165) is 0 Å². The molecule has 0 radical (unpaired) electrons. The number of hydrogen-bond acceptors (Lipinski definition) is 3. The largest absolute Gasteiger partial charge is 0.326 e. The molecule has 0 unspecified atom stereocenters. The fourth-order valence-corrected chi connectivity index (χ4v) is 1.91. The number of rotatable bonds is 4. The van der Waals surface area contributed by atoms with E-state index in [1.54, 1.807) is 19.1 Å². The molecule has 0 aliphatic rings. The smallest absolute Gasteiger partial charge is 0.325 e. The molecule has 0 aliphatic heterocycles. The highest BCUT2D eigenvalue weighted by atomic mass is 16.2. The van der Waals surface area contributed by atoms with E-state index in [1.165, 1.54) is 0 Å². The Morgan fingerprint density at radius 3 is 2.50 bits per heavy atom. The number of carbonyl (C=O) groups is 1. The molecule has 1 heterocycles. The Labute approximate surface area is 114 Å². The molecule has 2 rings (SSSR count). The zero-order valence-electron chi connectivity index (χ0n) is 11.0. The number of H-pyrrole nitrogens is 2. The molecule has 0 atom stereocenters. The van der Waals surface area contributed by atoms with E-state index >= 15 is 0 Å². The quantitative estimate of drug-likeness (QED) is 0.773. The van der Waals surface area contributed by atoms with Crippen molar-refractivity contribution in [3.63, 3.8) is 0 Å². The summed E-state index contributed by atoms with van der Waals surface area (Å²) in [5.74, 6) is -0.179. The summed E-state index contributed by atoms with van der Waals surface area (Å²) in [7, 11) is 0. The van der Waals surface area contributed by atoms with Gasteiger partial charge in [0.15, 0.2) is 0 Å². The number of aryl methyl sites for hydroxylation is 1. The Bertz CT molecular complexity index is 716. The van der Waals surface area contributed by atoms with Gasteiger partial charge in [-0.25, -0.2) is 4.79 Å². The molecule has 0 spiro atoms. The molecular weight excluding hydrogens is 258 g/mol. The second-order valence-corrected chi connectivity index (χ2v) is 4.43. The first kappa shape index (κ1) is 13.8. The van der Waals surface area contributed by atoms with Crippen LogP contribution in [0, 0.1) is 6.92 Å². The Balaban J connectivity index is 2.01. The van der Waals surface area contributed by atoms with E-state index in [-0.39, 0.29) is 18.7 Å². The van der Waals surface area contributed by atoms with E-state index < -0.39 is 11.2 Å². The van der Waals surface area contributed by atoms with E-state index in [1.807, 2.05) is 18.2 Å². The van der Waals surface area contributed by atoms with Crippen molar-refractivity contribution in [1.82, 2.24) is 9.97 Å². The third kappa shape index (κ3) is 3.44. The molecule has 1 aromatic carbocycles. The number of para-hydroxylation sites is 1. The Morgan fingerprint density at radius 1 is 1.15 bits per heavy atom. The minimum Gasteiger partial charge on any atom is -0.326 e. The van der Waals surface area contributed by atoms with Gasteiger partial charge in [0.2, 0.25) is 5.91 Å². The second kappa shape index (κ2) is 6.01. The third-order valence-electron chi connectivity index (χ3n) is 2.91. The summed E-state index contributed by atoms with van der Waals surface area (Å²) < 4.78 is 0. The van der Waals surface area contributed by atoms with Gasteiger partial charge in [-0.2, -0.15) is 0 Å². The summed E-state index contributed by atoms with van der Waals surface area (Å²) in [4.78, 5) is 39.1. The molecule has 1 amide bonds. The summed E-state index contributed by atoms with van der Waals surface area (Å²) in [5, 5.41) is 2.74. The first-order valence-electron chi connectivity index (χ1n) is 6.23. The second-order valence-electron chi connectivity index (χ2n) is 4.43. The number of anilines is 1. The number of carbonyl (C=O) groups excluding carboxylic acids is 1. The van der Waals surface area contributed by atoms with Crippen LogP contribution in [0.2, 0.25) is 0 Å². The molecule has 6 nitrogen and oxygen atoms in total. The van der Waals surface area contributed by atoms with Crippen molar-refractivity contribution in [2.75, 3.05) is 5.32 Å². The molecular formula is C14H15N3O3. The predicted molar refractivity (Wildman–Crippen MR) is 75.8 cm³/mol. The average molecular weight is 273 g/mol. The minimum absolute atomic E-state index is 0.171. The van der Waals surface area contributed by atoms with Crippen LogP contribution in [0.5, 0.6) is 0 Å². The summed E-state index contributed by atoms with van der Waals surface area (Å²) in [6, 6.07) is 9.09. The monoisotopic (exact) mass is 273 g/mol. The standard InChI is InChI=1S/C14H15N3O3/c1-9-11(13(19)17-14(20)15-9)7-8-12(18)16-10-5-3-2-4-6-10/h2-6H,7-8H2,1H3,(H,16,18)(H2,15,17,19,20). The fourth-order valence-electron chi connectivity index (χ4n) is 1.91. The number of aromatic amines is 2. The Kier molecular flexibility index (Phi) is 4.14. The van der Waals surface area contributed by atoms with Gasteiger partial charge in [-0.05, 0) is 25.5 Å². The molecule has 6 heteroatoms. The van der Waals surface area contributed by atoms with Crippen molar-refractivity contribution in [3.8, 4) is 0 Å². The van der Waals surface area contributed by atoms with Gasteiger partial charge in [0, 0.05) is 23.4 Å². The maximum Gasteiger partial charge on any atom is 0.325 e. The lowest BCUT2D eigenvalue weighted by molar-refractivity contribution is -0.116. The van der Waals surface area contributed by atoms with Gasteiger partial charge in [-0.3, -0.25) is 14.6 Å². The minimum atomic E-state index is -0.537. The van der Waals surface area contributed by atoms with Crippen molar-refractivity contribution >= 4 is 11.6 Å². The van der Waals surface area contributed by atoms with Gasteiger partial charge < -0.3 is 10.3 Å². The summed E-state index contributed by atoms with van der Waals surface area (Å²) >= 11 is 0. The zero-order valence-corrected chi connectivity index (χ0v) is 11.0. The van der Waals surface area contributed by atoms with Gasteiger partial charge in [0.25, 0.3) is 5.56 Å². The van der Waals surface area contributed by atoms with Crippen molar-refractivity contribution in [2.24, 2.45) is 0 Å². The highest BCUT2D eigenvalue weighted by Crippen LogP contribution is 2.07. The van der Waals surface area contributed by atoms with Crippen LogP contribution in [0.1, 0.15) is 17.7 Å². The fraction of sp³-hybridized carbons (Fsp3) is 0.214. The van der Waals surface area contributed by atoms with Crippen LogP contribution in [0.4, 0.5) is 5.69 Å². The van der Waals surface area contributed by atoms with Gasteiger partial charge in [-0.15, -0.1) is 0 Å². The molecule has 1 aromatic heterocycles.